The molecule has 0 spiro atoms. The summed E-state index contributed by atoms with van der Waals surface area (Å²) in [6.45, 7) is 3.60. The first-order valence-corrected chi connectivity index (χ1v) is 22.1. The summed E-state index contributed by atoms with van der Waals surface area (Å²) in [6, 6.07) is 24.6. The van der Waals surface area contributed by atoms with Gasteiger partial charge in [0, 0.05) is 36.3 Å². The van der Waals surface area contributed by atoms with Crippen LogP contribution in [0.5, 0.6) is 23.0 Å². The number of carbonyl (C=O) groups is 3. The SMILES string of the molecule is Cc1cc(C(=O)NC(Cc2cc(I)c(Oc3ccc(O)c(I)c3)c(I)c2)C(=O)O)cc(C)c1OC(=O)c1c2ccccc2[n+](CCCS(=O)(=O)[O-])c2ccccc12. The number of carboxylic acids is 1. The third-order valence-corrected chi connectivity index (χ3v) is 12.3. The number of aliphatic carboxylic acids is 1. The van der Waals surface area contributed by atoms with Crippen LogP contribution in [0.2, 0.25) is 0 Å². The predicted octanol–water partition coefficient (Wildman–Crippen LogP) is 7.79. The number of aromatic nitrogens is 1. The summed E-state index contributed by atoms with van der Waals surface area (Å²) in [5, 5.41) is 23.7. The summed E-state index contributed by atoms with van der Waals surface area (Å²) in [5.41, 5.74) is 3.39. The van der Waals surface area contributed by atoms with Gasteiger partial charge in [0.15, 0.2) is 12.3 Å². The van der Waals surface area contributed by atoms with Gasteiger partial charge in [-0.25, -0.2) is 18.0 Å². The van der Waals surface area contributed by atoms with E-state index in [2.05, 4.69) is 50.5 Å². The van der Waals surface area contributed by atoms with Crippen LogP contribution in [0, 0.1) is 24.6 Å². The zero-order valence-corrected chi connectivity index (χ0v) is 37.5. The molecule has 0 saturated carbocycles. The number of phenolic OH excluding ortho intramolecular Hbond substituents is 1. The zero-order chi connectivity index (χ0) is 41.2. The van der Waals surface area contributed by atoms with Crippen LogP contribution in [0.3, 0.4) is 0 Å². The Morgan fingerprint density at radius 1 is 0.825 bits per heavy atom. The molecule has 0 saturated heterocycles. The van der Waals surface area contributed by atoms with Crippen LogP contribution < -0.4 is 19.4 Å². The molecule has 12 nitrogen and oxygen atoms in total. The number of pyridine rings is 1. The average Bonchev–Trinajstić information content (AvgIpc) is 3.14. The van der Waals surface area contributed by atoms with Gasteiger partial charge in [-0.15, -0.1) is 0 Å². The van der Waals surface area contributed by atoms with Crippen molar-refractivity contribution in [3.05, 3.63) is 130 Å². The monoisotopic (exact) mass is 1130 g/mol. The number of carbonyl (C=O) groups excluding carboxylic acids is 2. The highest BCUT2D eigenvalue weighted by Crippen LogP contribution is 2.35. The molecule has 6 aromatic rings. The standard InChI is InChI=1S/C41H33I3N2O10S/c1-22-16-25(39(48)45-32(40(49)50)20-24-18-30(43)38(31(44)19-24)55-26-12-13-35(47)29(42)21-26)17-23(2)37(22)56-41(51)36-27-8-3-5-10-33(27)46(14-7-15-57(52,53)54)34-11-6-4-9-28(34)36/h3-6,8-13,16-19,21,32H,7,14-15,20H2,1-2H3,(H3-,45,47,48,49,50,52,53,54). The molecule has 0 aliphatic carbocycles. The van der Waals surface area contributed by atoms with Gasteiger partial charge in [-0.3, -0.25) is 4.79 Å². The molecule has 1 atom stereocenters. The Morgan fingerprint density at radius 3 is 1.95 bits per heavy atom. The number of rotatable bonds is 13. The molecule has 0 fully saturated rings. The van der Waals surface area contributed by atoms with Gasteiger partial charge >= 0.3 is 11.9 Å². The largest absolute Gasteiger partial charge is 0.748 e. The van der Waals surface area contributed by atoms with E-state index in [0.717, 1.165) is 7.14 Å². The topological polar surface area (TPSA) is 183 Å². The Labute approximate surface area is 368 Å². The fourth-order valence-corrected chi connectivity index (χ4v) is 9.62. The van der Waals surface area contributed by atoms with Crippen molar-refractivity contribution in [1.82, 2.24) is 5.32 Å². The minimum Gasteiger partial charge on any atom is -0.748 e. The van der Waals surface area contributed by atoms with Crippen molar-refractivity contribution in [3.63, 3.8) is 0 Å². The minimum atomic E-state index is -4.41. The maximum absolute atomic E-state index is 14.1. The zero-order valence-electron chi connectivity index (χ0n) is 30.2. The molecular weight excluding hydrogens is 1090 g/mol. The molecule has 1 aromatic heterocycles. The van der Waals surface area contributed by atoms with E-state index in [0.29, 0.717) is 53.6 Å². The molecule has 0 aliphatic heterocycles. The lowest BCUT2D eigenvalue weighted by atomic mass is 10.0. The highest BCUT2D eigenvalue weighted by atomic mass is 127. The number of phenols is 1. The first-order valence-electron chi connectivity index (χ1n) is 17.3. The van der Waals surface area contributed by atoms with Crippen molar-refractivity contribution in [2.24, 2.45) is 0 Å². The number of nitrogens with one attached hydrogen (secondary N) is 1. The summed E-state index contributed by atoms with van der Waals surface area (Å²) in [4.78, 5) is 40.0. The first-order chi connectivity index (χ1) is 27.0. The maximum atomic E-state index is 14.1. The van der Waals surface area contributed by atoms with Crippen LogP contribution in [0.1, 0.15) is 43.8 Å². The number of nitrogens with zero attached hydrogens (tertiary/aromatic N) is 1. The number of halogens is 3. The highest BCUT2D eigenvalue weighted by molar-refractivity contribution is 14.1. The molecule has 0 aliphatic rings. The Hall–Kier alpha value is -4.12. The van der Waals surface area contributed by atoms with E-state index >= 15 is 0 Å². The second kappa shape index (κ2) is 17.8. The lowest BCUT2D eigenvalue weighted by Crippen LogP contribution is -2.42. The van der Waals surface area contributed by atoms with Gasteiger partial charge < -0.3 is 29.6 Å². The fraction of sp³-hybridized carbons (Fsp3) is 0.171. The van der Waals surface area contributed by atoms with Gasteiger partial charge in [-0.2, -0.15) is 4.57 Å². The number of esters is 1. The van der Waals surface area contributed by atoms with Gasteiger partial charge in [0.25, 0.3) is 5.91 Å². The smallest absolute Gasteiger partial charge is 0.345 e. The number of benzene rings is 5. The van der Waals surface area contributed by atoms with Crippen molar-refractivity contribution in [3.8, 4) is 23.0 Å². The summed E-state index contributed by atoms with van der Waals surface area (Å²) in [6.07, 6.45) is 0.0819. The fourth-order valence-electron chi connectivity index (χ4n) is 6.54. The van der Waals surface area contributed by atoms with E-state index < -0.39 is 39.8 Å². The Balaban J connectivity index is 1.22. The van der Waals surface area contributed by atoms with Crippen molar-refractivity contribution in [1.29, 1.82) is 0 Å². The second-order valence-electron chi connectivity index (χ2n) is 13.2. The molecule has 6 rings (SSSR count). The van der Waals surface area contributed by atoms with Crippen molar-refractivity contribution in [2.45, 2.75) is 39.3 Å². The maximum Gasteiger partial charge on any atom is 0.345 e. The number of carboxylic acid groups (broad SMARTS) is 1. The van der Waals surface area contributed by atoms with Crippen LogP contribution in [-0.4, -0.2) is 52.8 Å². The van der Waals surface area contributed by atoms with Crippen molar-refractivity contribution < 1.29 is 51.6 Å². The summed E-state index contributed by atoms with van der Waals surface area (Å²) in [7, 11) is -4.41. The van der Waals surface area contributed by atoms with Crippen LogP contribution >= 0.6 is 67.8 Å². The molecule has 294 valence electrons. The Morgan fingerprint density at radius 2 is 1.40 bits per heavy atom. The van der Waals surface area contributed by atoms with E-state index in [1.165, 1.54) is 12.1 Å². The molecule has 3 N–H and O–H groups in total. The molecule has 57 heavy (non-hydrogen) atoms. The van der Waals surface area contributed by atoms with Crippen molar-refractivity contribution in [2.75, 3.05) is 5.75 Å². The molecule has 16 heteroatoms. The van der Waals surface area contributed by atoms with E-state index in [9.17, 15) is 37.6 Å². The van der Waals surface area contributed by atoms with Crippen LogP contribution in [0.15, 0.2) is 91.0 Å². The highest BCUT2D eigenvalue weighted by Gasteiger charge is 2.27. The Kier molecular flexibility index (Phi) is 13.3. The van der Waals surface area contributed by atoms with Gasteiger partial charge in [0.2, 0.25) is 11.0 Å². The van der Waals surface area contributed by atoms with E-state index in [1.54, 1.807) is 80.6 Å². The van der Waals surface area contributed by atoms with Crippen molar-refractivity contribution >= 4 is 118 Å². The molecule has 1 heterocycles. The summed E-state index contributed by atoms with van der Waals surface area (Å²) in [5.74, 6) is -1.52. The normalized spacial score (nSPS) is 12.0. The number of aromatic hydroxyl groups is 1. The molecular formula is C41H33I3N2O10S. The molecule has 0 bridgehead atoms. The van der Waals surface area contributed by atoms with E-state index in [4.69, 9.17) is 9.47 Å². The number of hydrogen-bond donors (Lipinski definition) is 3. The number of aryl methyl sites for hydroxylation is 3. The number of ether oxygens (including phenoxy) is 2. The van der Waals surface area contributed by atoms with Gasteiger partial charge in [-0.1, -0.05) is 24.3 Å². The second-order valence-corrected chi connectivity index (χ2v) is 18.2. The summed E-state index contributed by atoms with van der Waals surface area (Å²) >= 11 is 6.23. The number of amides is 1. The van der Waals surface area contributed by atoms with Crippen LogP contribution in [-0.2, 0) is 27.9 Å². The quantitative estimate of drug-likeness (QED) is 0.0258. The van der Waals surface area contributed by atoms with E-state index in [1.807, 2.05) is 39.3 Å². The third kappa shape index (κ3) is 9.95. The molecule has 5 aromatic carbocycles. The number of para-hydroxylation sites is 2. The molecule has 1 unspecified atom stereocenters. The molecule has 0 radical (unpaired) electrons. The summed E-state index contributed by atoms with van der Waals surface area (Å²) < 4.78 is 50.1. The lowest BCUT2D eigenvalue weighted by molar-refractivity contribution is -0.645. The minimum absolute atomic E-state index is 0.00510. The molecule has 1 amide bonds. The van der Waals surface area contributed by atoms with Gasteiger partial charge in [0.1, 0.15) is 23.3 Å². The predicted molar refractivity (Wildman–Crippen MR) is 237 cm³/mol. The number of fused-ring (bicyclic) bond motifs is 2. The van der Waals surface area contributed by atoms with E-state index in [-0.39, 0.29) is 42.0 Å². The Bertz CT molecular complexity index is 2600. The third-order valence-electron chi connectivity index (χ3n) is 9.07. The number of hydrogen-bond acceptors (Lipinski definition) is 9. The van der Waals surface area contributed by atoms with Gasteiger partial charge in [-0.05, 0) is 153 Å². The van der Waals surface area contributed by atoms with Crippen LogP contribution in [0.25, 0.3) is 21.8 Å². The first kappa shape index (κ1) is 42.5. The van der Waals surface area contributed by atoms with Crippen LogP contribution in [0.4, 0.5) is 0 Å². The average molecular weight is 1130 g/mol. The lowest BCUT2D eigenvalue weighted by Gasteiger charge is -2.18. The van der Waals surface area contributed by atoms with Gasteiger partial charge in [0.05, 0.1) is 37.2 Å².